The van der Waals surface area contributed by atoms with Gasteiger partial charge in [0.05, 0.1) is 6.20 Å². The van der Waals surface area contributed by atoms with Crippen LogP contribution >= 0.6 is 0 Å². The van der Waals surface area contributed by atoms with Crippen molar-refractivity contribution in [1.29, 1.82) is 0 Å². The normalized spacial score (nSPS) is 18.2. The number of nitrogens with zero attached hydrogens (tertiary/aromatic N) is 3. The van der Waals surface area contributed by atoms with Gasteiger partial charge in [0.1, 0.15) is 11.4 Å². The van der Waals surface area contributed by atoms with Crippen molar-refractivity contribution in [2.75, 3.05) is 13.1 Å². The molecule has 0 aromatic carbocycles. The second kappa shape index (κ2) is 5.92. The van der Waals surface area contributed by atoms with Crippen LogP contribution in [0.1, 0.15) is 26.2 Å². The third-order valence-electron chi connectivity index (χ3n) is 3.70. The van der Waals surface area contributed by atoms with E-state index < -0.39 is 16.0 Å². The topological polar surface area (TPSA) is 92.5 Å². The van der Waals surface area contributed by atoms with Crippen LogP contribution in [0.4, 0.5) is 0 Å². The number of rotatable bonds is 5. The van der Waals surface area contributed by atoms with E-state index in [1.165, 1.54) is 16.7 Å². The Morgan fingerprint density at radius 2 is 2.10 bits per heavy atom. The molecule has 112 valence electrons. The molecule has 1 fully saturated rings. The molecule has 1 N–H and O–H groups in total. The summed E-state index contributed by atoms with van der Waals surface area (Å²) in [4.78, 5) is 10.6. The molecule has 1 aliphatic rings. The fourth-order valence-corrected chi connectivity index (χ4v) is 3.83. The van der Waals surface area contributed by atoms with Crippen LogP contribution in [0, 0.1) is 5.92 Å². The molecule has 0 bridgehead atoms. The average Bonchev–Trinajstić information content (AvgIpc) is 2.87. The van der Waals surface area contributed by atoms with Crippen molar-refractivity contribution in [2.45, 2.75) is 37.6 Å². The standard InChI is InChI=1S/C12H19N3O4S/c1-2-10-3-5-15(6-4-10)20(18,19)11-7-13-14(8-11)9-12(16)17/h7-8,10H,2-6,9H2,1H3,(H,16,17). The number of sulfonamides is 1. The fraction of sp³-hybridized carbons (Fsp3) is 0.667. The van der Waals surface area contributed by atoms with Crippen LogP contribution in [0.15, 0.2) is 17.3 Å². The Hall–Kier alpha value is -1.41. The molecular weight excluding hydrogens is 282 g/mol. The van der Waals surface area contributed by atoms with Crippen LogP contribution < -0.4 is 0 Å². The van der Waals surface area contributed by atoms with Crippen molar-refractivity contribution in [3.05, 3.63) is 12.4 Å². The van der Waals surface area contributed by atoms with E-state index in [1.54, 1.807) is 0 Å². The van der Waals surface area contributed by atoms with E-state index in [1.807, 2.05) is 0 Å². The zero-order valence-corrected chi connectivity index (χ0v) is 12.2. The highest BCUT2D eigenvalue weighted by molar-refractivity contribution is 7.89. The number of carbonyl (C=O) groups is 1. The minimum Gasteiger partial charge on any atom is -0.480 e. The molecular formula is C12H19N3O4S. The lowest BCUT2D eigenvalue weighted by molar-refractivity contribution is -0.137. The highest BCUT2D eigenvalue weighted by atomic mass is 32.2. The fourth-order valence-electron chi connectivity index (χ4n) is 2.41. The Morgan fingerprint density at radius 1 is 1.45 bits per heavy atom. The van der Waals surface area contributed by atoms with Gasteiger partial charge in [-0.25, -0.2) is 8.42 Å². The smallest absolute Gasteiger partial charge is 0.325 e. The van der Waals surface area contributed by atoms with Gasteiger partial charge in [0.2, 0.25) is 10.0 Å². The van der Waals surface area contributed by atoms with Crippen molar-refractivity contribution in [3.63, 3.8) is 0 Å². The molecule has 0 radical (unpaired) electrons. The number of carboxylic acid groups (broad SMARTS) is 1. The maximum absolute atomic E-state index is 12.4. The molecule has 2 rings (SSSR count). The highest BCUT2D eigenvalue weighted by Gasteiger charge is 2.29. The number of aromatic nitrogens is 2. The number of carboxylic acids is 1. The van der Waals surface area contributed by atoms with Gasteiger partial charge in [-0.2, -0.15) is 9.40 Å². The van der Waals surface area contributed by atoms with Gasteiger partial charge in [0, 0.05) is 19.3 Å². The quantitative estimate of drug-likeness (QED) is 0.867. The second-order valence-corrected chi connectivity index (χ2v) is 6.96. The molecule has 0 unspecified atom stereocenters. The summed E-state index contributed by atoms with van der Waals surface area (Å²) in [5.74, 6) is -0.461. The molecule has 0 amide bonds. The average molecular weight is 301 g/mol. The Morgan fingerprint density at radius 3 is 2.65 bits per heavy atom. The summed E-state index contributed by atoms with van der Waals surface area (Å²) >= 11 is 0. The number of hydrogen-bond donors (Lipinski definition) is 1. The van der Waals surface area contributed by atoms with Gasteiger partial charge in [0.25, 0.3) is 0 Å². The molecule has 8 heteroatoms. The molecule has 7 nitrogen and oxygen atoms in total. The van der Waals surface area contributed by atoms with Gasteiger partial charge >= 0.3 is 5.97 Å². The maximum atomic E-state index is 12.4. The van der Waals surface area contributed by atoms with Crippen LogP contribution in [0.25, 0.3) is 0 Å². The van der Waals surface area contributed by atoms with Crippen LogP contribution in [0.5, 0.6) is 0 Å². The molecule has 0 atom stereocenters. The van der Waals surface area contributed by atoms with E-state index in [2.05, 4.69) is 12.0 Å². The Kier molecular flexibility index (Phi) is 4.44. The van der Waals surface area contributed by atoms with Crippen LogP contribution in [-0.2, 0) is 21.4 Å². The van der Waals surface area contributed by atoms with Gasteiger partial charge in [-0.05, 0) is 18.8 Å². The SMILES string of the molecule is CCC1CCN(S(=O)(=O)c2cnn(CC(=O)O)c2)CC1. The molecule has 1 aromatic heterocycles. The first-order valence-electron chi connectivity index (χ1n) is 6.68. The molecule has 0 spiro atoms. The lowest BCUT2D eigenvalue weighted by Crippen LogP contribution is -2.38. The lowest BCUT2D eigenvalue weighted by atomic mass is 9.96. The van der Waals surface area contributed by atoms with E-state index in [-0.39, 0.29) is 11.4 Å². The molecule has 1 aromatic rings. The monoisotopic (exact) mass is 301 g/mol. The van der Waals surface area contributed by atoms with Gasteiger partial charge in [-0.3, -0.25) is 9.48 Å². The number of piperidine rings is 1. The molecule has 1 aliphatic heterocycles. The maximum Gasteiger partial charge on any atom is 0.325 e. The summed E-state index contributed by atoms with van der Waals surface area (Å²) in [5.41, 5.74) is 0. The van der Waals surface area contributed by atoms with Crippen molar-refractivity contribution >= 4 is 16.0 Å². The van der Waals surface area contributed by atoms with Crippen molar-refractivity contribution in [1.82, 2.24) is 14.1 Å². The lowest BCUT2D eigenvalue weighted by Gasteiger charge is -2.30. The van der Waals surface area contributed by atoms with E-state index in [0.717, 1.165) is 23.9 Å². The first-order chi connectivity index (χ1) is 9.43. The summed E-state index contributed by atoms with van der Waals surface area (Å²) < 4.78 is 27.4. The molecule has 20 heavy (non-hydrogen) atoms. The van der Waals surface area contributed by atoms with E-state index in [4.69, 9.17) is 5.11 Å². The summed E-state index contributed by atoms with van der Waals surface area (Å²) in [5, 5.41) is 12.4. The Bertz CT molecular complexity index is 573. The third-order valence-corrected chi connectivity index (χ3v) is 5.55. The molecule has 1 saturated heterocycles. The summed E-state index contributed by atoms with van der Waals surface area (Å²) in [6.07, 6.45) is 5.31. The highest BCUT2D eigenvalue weighted by Crippen LogP contribution is 2.25. The van der Waals surface area contributed by atoms with E-state index in [9.17, 15) is 13.2 Å². The minimum absolute atomic E-state index is 0.0636. The summed E-state index contributed by atoms with van der Waals surface area (Å²) in [7, 11) is -3.55. The predicted molar refractivity (Wildman–Crippen MR) is 71.6 cm³/mol. The van der Waals surface area contributed by atoms with Gasteiger partial charge < -0.3 is 5.11 Å². The van der Waals surface area contributed by atoms with E-state index in [0.29, 0.717) is 19.0 Å². The van der Waals surface area contributed by atoms with Gasteiger partial charge in [-0.15, -0.1) is 0 Å². The molecule has 0 saturated carbocycles. The number of aliphatic carboxylic acids is 1. The number of hydrogen-bond acceptors (Lipinski definition) is 4. The zero-order valence-electron chi connectivity index (χ0n) is 11.4. The first kappa shape index (κ1) is 15.0. The minimum atomic E-state index is -3.55. The Labute approximate surface area is 118 Å². The van der Waals surface area contributed by atoms with Crippen LogP contribution in [0.2, 0.25) is 0 Å². The van der Waals surface area contributed by atoms with Crippen molar-refractivity contribution in [3.8, 4) is 0 Å². The van der Waals surface area contributed by atoms with Crippen molar-refractivity contribution in [2.24, 2.45) is 5.92 Å². The van der Waals surface area contributed by atoms with E-state index >= 15 is 0 Å². The predicted octanol–water partition coefficient (Wildman–Crippen LogP) is 0.778. The van der Waals surface area contributed by atoms with Gasteiger partial charge in [0.15, 0.2) is 0 Å². The second-order valence-electron chi connectivity index (χ2n) is 5.02. The molecule has 0 aliphatic carbocycles. The molecule has 2 heterocycles. The van der Waals surface area contributed by atoms with Crippen LogP contribution in [-0.4, -0.2) is 46.7 Å². The van der Waals surface area contributed by atoms with Gasteiger partial charge in [-0.1, -0.05) is 13.3 Å². The van der Waals surface area contributed by atoms with Crippen molar-refractivity contribution < 1.29 is 18.3 Å². The first-order valence-corrected chi connectivity index (χ1v) is 8.12. The van der Waals surface area contributed by atoms with Crippen LogP contribution in [0.3, 0.4) is 0 Å². The summed E-state index contributed by atoms with van der Waals surface area (Å²) in [6.45, 7) is 2.81. The Balaban J connectivity index is 2.10. The zero-order chi connectivity index (χ0) is 14.8. The summed E-state index contributed by atoms with van der Waals surface area (Å²) in [6, 6.07) is 0. The third kappa shape index (κ3) is 3.18. The largest absolute Gasteiger partial charge is 0.480 e.